The number of Topliss-reactive ketones (excluding diaryl/α,β-unsaturated/α-hetero) is 1. The number of aromatic nitrogens is 1. The maximum absolute atomic E-state index is 13.0. The van der Waals surface area contributed by atoms with Crippen molar-refractivity contribution in [2.24, 2.45) is 23.2 Å². The van der Waals surface area contributed by atoms with E-state index in [9.17, 15) is 24.5 Å². The fraction of sp³-hybridized carbons (Fsp3) is 0.571. The minimum atomic E-state index is -0.810. The third-order valence-corrected chi connectivity index (χ3v) is 7.14. The molecule has 1 aromatic carbocycles. The minimum absolute atomic E-state index is 0.00465. The van der Waals surface area contributed by atoms with E-state index in [4.69, 9.17) is 9.15 Å². The molecule has 4 saturated carbocycles. The Morgan fingerprint density at radius 3 is 2.40 bits per heavy atom. The second-order valence-corrected chi connectivity index (χ2v) is 9.14. The highest BCUT2D eigenvalue weighted by Gasteiger charge is 2.54. The fourth-order valence-corrected chi connectivity index (χ4v) is 6.24. The number of ether oxygens (including phenoxy) is 1. The van der Waals surface area contributed by atoms with Gasteiger partial charge in [0.15, 0.2) is 18.0 Å². The molecule has 1 heterocycles. The molecule has 1 aromatic heterocycles. The van der Waals surface area contributed by atoms with Gasteiger partial charge in [0.25, 0.3) is 5.69 Å². The average molecular weight is 414 g/mol. The summed E-state index contributed by atoms with van der Waals surface area (Å²) in [6.45, 7) is -0.696. The Morgan fingerprint density at radius 1 is 1.17 bits per heavy atom. The molecule has 4 aliphatic carbocycles. The van der Waals surface area contributed by atoms with Crippen LogP contribution in [0.3, 0.4) is 0 Å². The number of hydrogen-bond acceptors (Lipinski definition) is 7. The van der Waals surface area contributed by atoms with Crippen molar-refractivity contribution in [2.75, 3.05) is 6.61 Å². The minimum Gasteiger partial charge on any atom is -0.456 e. The largest absolute Gasteiger partial charge is 0.456 e. The first-order valence-electron chi connectivity index (χ1n) is 10.3. The highest BCUT2D eigenvalue weighted by atomic mass is 16.6. The van der Waals surface area contributed by atoms with Crippen LogP contribution in [0.1, 0.15) is 38.5 Å². The first kappa shape index (κ1) is 19.0. The summed E-state index contributed by atoms with van der Waals surface area (Å²) >= 11 is 0. The molecule has 0 saturated heterocycles. The average Bonchev–Trinajstić information content (AvgIpc) is 2.99. The van der Waals surface area contributed by atoms with Crippen LogP contribution in [0.2, 0.25) is 0 Å². The summed E-state index contributed by atoms with van der Waals surface area (Å²) in [5.41, 5.74) is -0.276. The third-order valence-electron chi connectivity index (χ3n) is 7.14. The SMILES string of the molecule is O=C(Cn1c(=O)oc2cc([N+](=O)[O-])ccc21)OCC(=O)C12CC3CC(CC(C3)C1)C2. The number of non-ortho nitro benzene ring substituents is 1. The van der Waals surface area contributed by atoms with Gasteiger partial charge in [-0.1, -0.05) is 0 Å². The van der Waals surface area contributed by atoms with Gasteiger partial charge in [0.2, 0.25) is 0 Å². The van der Waals surface area contributed by atoms with Crippen molar-refractivity contribution >= 4 is 28.5 Å². The zero-order valence-electron chi connectivity index (χ0n) is 16.4. The number of nitro groups is 1. The molecule has 4 bridgehead atoms. The standard InChI is InChI=1S/C21H22N2O7/c24-18(21-7-12-3-13(8-21)5-14(4-12)9-21)11-29-19(25)10-22-16-2-1-15(23(27)28)6-17(16)30-20(22)26/h1-2,6,12-14H,3-5,7-11H2. The van der Waals surface area contributed by atoms with E-state index in [1.807, 2.05) is 0 Å². The highest BCUT2D eigenvalue weighted by Crippen LogP contribution is 2.60. The molecule has 9 nitrogen and oxygen atoms in total. The van der Waals surface area contributed by atoms with Gasteiger partial charge in [-0.15, -0.1) is 0 Å². The number of carbonyl (C=O) groups is 2. The van der Waals surface area contributed by atoms with Crippen LogP contribution < -0.4 is 5.76 Å². The quantitative estimate of drug-likeness (QED) is 0.405. The number of fused-ring (bicyclic) bond motifs is 1. The number of esters is 1. The first-order valence-corrected chi connectivity index (χ1v) is 10.3. The third kappa shape index (κ3) is 3.12. The van der Waals surface area contributed by atoms with Crippen LogP contribution in [0.25, 0.3) is 11.1 Å². The number of hydrogen-bond donors (Lipinski definition) is 0. The Morgan fingerprint density at radius 2 is 1.80 bits per heavy atom. The van der Waals surface area contributed by atoms with Gasteiger partial charge in [-0.05, 0) is 62.3 Å². The van der Waals surface area contributed by atoms with Crippen molar-refractivity contribution in [3.8, 4) is 0 Å². The molecule has 0 unspecified atom stereocenters. The molecule has 158 valence electrons. The van der Waals surface area contributed by atoms with Crippen molar-refractivity contribution in [1.29, 1.82) is 0 Å². The molecule has 0 N–H and O–H groups in total. The van der Waals surface area contributed by atoms with Gasteiger partial charge in [0, 0.05) is 11.5 Å². The van der Waals surface area contributed by atoms with Crippen molar-refractivity contribution in [3.63, 3.8) is 0 Å². The number of oxazole rings is 1. The molecule has 4 aliphatic rings. The Labute approximate surface area is 171 Å². The number of carbonyl (C=O) groups excluding carboxylic acids is 2. The zero-order valence-corrected chi connectivity index (χ0v) is 16.4. The molecule has 9 heteroatoms. The van der Waals surface area contributed by atoms with Gasteiger partial charge in [0.1, 0.15) is 6.54 Å². The first-order chi connectivity index (χ1) is 14.3. The van der Waals surface area contributed by atoms with Crippen molar-refractivity contribution in [3.05, 3.63) is 38.9 Å². The second kappa shape index (κ2) is 6.78. The Balaban J connectivity index is 1.26. The van der Waals surface area contributed by atoms with E-state index in [1.165, 1.54) is 31.4 Å². The van der Waals surface area contributed by atoms with Gasteiger partial charge in [-0.25, -0.2) is 4.79 Å². The van der Waals surface area contributed by atoms with Crippen LogP contribution in [0, 0.1) is 33.3 Å². The van der Waals surface area contributed by atoms with E-state index >= 15 is 0 Å². The number of ketones is 1. The number of benzene rings is 1. The number of nitro benzene ring substituents is 1. The van der Waals surface area contributed by atoms with E-state index in [2.05, 4.69) is 0 Å². The van der Waals surface area contributed by atoms with Crippen molar-refractivity contribution in [1.82, 2.24) is 4.57 Å². The molecule has 6 rings (SSSR count). The molecular formula is C21H22N2O7. The Hall–Kier alpha value is -2.97. The summed E-state index contributed by atoms with van der Waals surface area (Å²) in [5, 5.41) is 10.9. The van der Waals surface area contributed by atoms with Crippen LogP contribution in [0.5, 0.6) is 0 Å². The van der Waals surface area contributed by atoms with Crippen molar-refractivity contribution in [2.45, 2.75) is 45.1 Å². The molecule has 30 heavy (non-hydrogen) atoms. The number of nitrogens with zero attached hydrogens (tertiary/aromatic N) is 2. The summed E-state index contributed by atoms with van der Waals surface area (Å²) in [7, 11) is 0. The lowest BCUT2D eigenvalue weighted by atomic mass is 9.48. The molecule has 0 spiro atoms. The maximum atomic E-state index is 13.0. The van der Waals surface area contributed by atoms with E-state index in [1.54, 1.807) is 0 Å². The van der Waals surface area contributed by atoms with Gasteiger partial charge in [-0.2, -0.15) is 0 Å². The molecule has 2 aromatic rings. The van der Waals surface area contributed by atoms with E-state index in [0.717, 1.165) is 29.9 Å². The predicted octanol–water partition coefficient (Wildman–Crippen LogP) is 2.83. The Bertz CT molecular complexity index is 1080. The lowest BCUT2D eigenvalue weighted by Gasteiger charge is -2.55. The van der Waals surface area contributed by atoms with Crippen LogP contribution in [-0.4, -0.2) is 27.8 Å². The zero-order chi connectivity index (χ0) is 21.0. The van der Waals surface area contributed by atoms with Gasteiger partial charge in [0.05, 0.1) is 16.5 Å². The van der Waals surface area contributed by atoms with E-state index in [0.29, 0.717) is 17.8 Å². The second-order valence-electron chi connectivity index (χ2n) is 9.14. The fourth-order valence-electron chi connectivity index (χ4n) is 6.24. The molecule has 0 aliphatic heterocycles. The summed E-state index contributed by atoms with van der Waals surface area (Å²) in [6.07, 6.45) is 6.38. The van der Waals surface area contributed by atoms with Gasteiger partial charge < -0.3 is 9.15 Å². The smallest absolute Gasteiger partial charge is 0.420 e. The van der Waals surface area contributed by atoms with Gasteiger partial charge >= 0.3 is 11.7 Å². The molecule has 4 fully saturated rings. The molecule has 0 amide bonds. The summed E-state index contributed by atoms with van der Waals surface area (Å²) in [6, 6.07) is 3.72. The Kier molecular flexibility index (Phi) is 4.30. The maximum Gasteiger partial charge on any atom is 0.420 e. The normalized spacial score (nSPS) is 29.3. The molecule has 0 atom stereocenters. The van der Waals surface area contributed by atoms with Crippen LogP contribution in [-0.2, 0) is 20.9 Å². The van der Waals surface area contributed by atoms with E-state index in [-0.39, 0.29) is 34.6 Å². The summed E-state index contributed by atoms with van der Waals surface area (Å²) in [4.78, 5) is 47.6. The van der Waals surface area contributed by atoms with E-state index < -0.39 is 23.2 Å². The van der Waals surface area contributed by atoms with Crippen LogP contribution in [0.15, 0.2) is 27.4 Å². The van der Waals surface area contributed by atoms with Crippen molar-refractivity contribution < 1.29 is 23.7 Å². The predicted molar refractivity (Wildman–Crippen MR) is 104 cm³/mol. The number of rotatable bonds is 6. The molecular weight excluding hydrogens is 392 g/mol. The van der Waals surface area contributed by atoms with Crippen LogP contribution in [0.4, 0.5) is 5.69 Å². The summed E-state index contributed by atoms with van der Waals surface area (Å²) in [5.74, 6) is 0.337. The monoisotopic (exact) mass is 414 g/mol. The molecule has 0 radical (unpaired) electrons. The van der Waals surface area contributed by atoms with Crippen LogP contribution >= 0.6 is 0 Å². The van der Waals surface area contributed by atoms with Gasteiger partial charge in [-0.3, -0.25) is 24.3 Å². The highest BCUT2D eigenvalue weighted by molar-refractivity contribution is 5.88. The lowest BCUT2D eigenvalue weighted by Crippen LogP contribution is -2.51. The lowest BCUT2D eigenvalue weighted by molar-refractivity contribution is -0.384. The summed E-state index contributed by atoms with van der Waals surface area (Å²) < 4.78 is 11.3. The topological polar surface area (TPSA) is 122 Å².